The van der Waals surface area contributed by atoms with Crippen molar-refractivity contribution in [2.45, 2.75) is 24.9 Å². The molecular weight excluding hydrogens is 273 g/mol. The molecule has 2 rings (SSSR count). The Hall–Kier alpha value is -0.450. The Morgan fingerprint density at radius 3 is 2.94 bits per heavy atom. The van der Waals surface area contributed by atoms with E-state index in [1.807, 2.05) is 0 Å². The van der Waals surface area contributed by atoms with Crippen LogP contribution in [0, 0.1) is 5.82 Å². The molecule has 16 heavy (non-hydrogen) atoms. The van der Waals surface area contributed by atoms with Crippen LogP contribution in [0.1, 0.15) is 18.4 Å². The van der Waals surface area contributed by atoms with Crippen LogP contribution in [0.2, 0.25) is 0 Å². The standard InChI is InChI=1S/C12H15BrFNO/c13-10-6-9(2-3-11(10)14)7-12(16)4-1-5-15-8-12/h2-3,6,15-16H,1,4-5,7-8H2. The number of aliphatic hydroxyl groups is 1. The van der Waals surface area contributed by atoms with E-state index >= 15 is 0 Å². The van der Waals surface area contributed by atoms with E-state index in [-0.39, 0.29) is 5.82 Å². The maximum atomic E-state index is 13.1. The van der Waals surface area contributed by atoms with Gasteiger partial charge in [-0.25, -0.2) is 4.39 Å². The zero-order valence-corrected chi connectivity index (χ0v) is 10.6. The van der Waals surface area contributed by atoms with Crippen LogP contribution in [0.25, 0.3) is 0 Å². The van der Waals surface area contributed by atoms with Crippen molar-refractivity contribution in [2.24, 2.45) is 0 Å². The molecule has 0 spiro atoms. The Morgan fingerprint density at radius 1 is 1.50 bits per heavy atom. The molecule has 0 aliphatic carbocycles. The third-order valence-electron chi connectivity index (χ3n) is 2.97. The van der Waals surface area contributed by atoms with Crippen molar-refractivity contribution in [3.8, 4) is 0 Å². The van der Waals surface area contributed by atoms with Crippen molar-refractivity contribution < 1.29 is 9.50 Å². The van der Waals surface area contributed by atoms with Crippen molar-refractivity contribution in [3.05, 3.63) is 34.1 Å². The van der Waals surface area contributed by atoms with Gasteiger partial charge in [0, 0.05) is 13.0 Å². The maximum absolute atomic E-state index is 13.1. The normalized spacial score (nSPS) is 25.7. The van der Waals surface area contributed by atoms with Gasteiger partial charge in [0.2, 0.25) is 0 Å². The highest BCUT2D eigenvalue weighted by Crippen LogP contribution is 2.24. The molecule has 1 aromatic rings. The highest BCUT2D eigenvalue weighted by Gasteiger charge is 2.29. The summed E-state index contributed by atoms with van der Waals surface area (Å²) >= 11 is 3.16. The Kier molecular flexibility index (Phi) is 3.62. The van der Waals surface area contributed by atoms with Crippen LogP contribution in [-0.4, -0.2) is 23.8 Å². The van der Waals surface area contributed by atoms with Gasteiger partial charge in [-0.3, -0.25) is 0 Å². The number of hydrogen-bond acceptors (Lipinski definition) is 2. The molecule has 0 saturated carbocycles. The van der Waals surface area contributed by atoms with Crippen molar-refractivity contribution in [2.75, 3.05) is 13.1 Å². The largest absolute Gasteiger partial charge is 0.388 e. The van der Waals surface area contributed by atoms with Crippen LogP contribution in [0.4, 0.5) is 4.39 Å². The smallest absolute Gasteiger partial charge is 0.137 e. The Labute approximate surface area is 103 Å². The fourth-order valence-corrected chi connectivity index (χ4v) is 2.56. The van der Waals surface area contributed by atoms with Gasteiger partial charge in [0.25, 0.3) is 0 Å². The summed E-state index contributed by atoms with van der Waals surface area (Å²) in [6, 6.07) is 4.90. The van der Waals surface area contributed by atoms with E-state index < -0.39 is 5.60 Å². The zero-order chi connectivity index (χ0) is 11.6. The van der Waals surface area contributed by atoms with E-state index in [1.165, 1.54) is 6.07 Å². The van der Waals surface area contributed by atoms with Crippen LogP contribution in [0.5, 0.6) is 0 Å². The molecule has 1 fully saturated rings. The van der Waals surface area contributed by atoms with Gasteiger partial charge in [-0.05, 0) is 53.0 Å². The first-order valence-corrected chi connectivity index (χ1v) is 6.25. The highest BCUT2D eigenvalue weighted by molar-refractivity contribution is 9.10. The molecule has 1 saturated heterocycles. The average Bonchev–Trinajstić information content (AvgIpc) is 2.24. The molecule has 1 heterocycles. The Balaban J connectivity index is 2.10. The fourth-order valence-electron chi connectivity index (χ4n) is 2.13. The van der Waals surface area contributed by atoms with E-state index in [0.29, 0.717) is 17.4 Å². The first kappa shape index (κ1) is 12.0. The summed E-state index contributed by atoms with van der Waals surface area (Å²) in [7, 11) is 0. The van der Waals surface area contributed by atoms with Crippen LogP contribution in [0.3, 0.4) is 0 Å². The molecule has 1 aromatic carbocycles. The summed E-state index contributed by atoms with van der Waals surface area (Å²) in [6.07, 6.45) is 2.35. The van der Waals surface area contributed by atoms with Crippen LogP contribution in [-0.2, 0) is 6.42 Å². The second-order valence-corrected chi connectivity index (χ2v) is 5.28. The van der Waals surface area contributed by atoms with Gasteiger partial charge in [-0.2, -0.15) is 0 Å². The first-order valence-electron chi connectivity index (χ1n) is 5.46. The third kappa shape index (κ3) is 2.81. The number of piperidine rings is 1. The van der Waals surface area contributed by atoms with Gasteiger partial charge in [0.1, 0.15) is 5.82 Å². The van der Waals surface area contributed by atoms with Crippen LogP contribution >= 0.6 is 15.9 Å². The quantitative estimate of drug-likeness (QED) is 0.875. The van der Waals surface area contributed by atoms with E-state index in [2.05, 4.69) is 21.2 Å². The number of rotatable bonds is 2. The van der Waals surface area contributed by atoms with Crippen molar-refractivity contribution in [1.29, 1.82) is 0 Å². The molecule has 0 amide bonds. The maximum Gasteiger partial charge on any atom is 0.137 e. The minimum absolute atomic E-state index is 0.266. The topological polar surface area (TPSA) is 32.3 Å². The molecule has 1 atom stereocenters. The lowest BCUT2D eigenvalue weighted by atomic mass is 9.87. The third-order valence-corrected chi connectivity index (χ3v) is 3.57. The lowest BCUT2D eigenvalue weighted by Gasteiger charge is -2.32. The zero-order valence-electron chi connectivity index (χ0n) is 8.97. The second kappa shape index (κ2) is 4.82. The molecular formula is C12H15BrFNO. The molecule has 0 bridgehead atoms. The molecule has 2 nitrogen and oxygen atoms in total. The Bertz CT molecular complexity index is 377. The molecule has 2 N–H and O–H groups in total. The number of β-amino-alcohol motifs (C(OH)–C–C–N with tert-alkyl or cyclic N) is 1. The number of nitrogens with one attached hydrogen (secondary N) is 1. The molecule has 1 aliphatic rings. The Morgan fingerprint density at radius 2 is 2.31 bits per heavy atom. The summed E-state index contributed by atoms with van der Waals surface area (Å²) < 4.78 is 13.5. The average molecular weight is 288 g/mol. The minimum Gasteiger partial charge on any atom is -0.388 e. The van der Waals surface area contributed by atoms with Gasteiger partial charge in [0.05, 0.1) is 10.1 Å². The summed E-state index contributed by atoms with van der Waals surface area (Å²) in [5, 5.41) is 13.5. The summed E-state index contributed by atoms with van der Waals surface area (Å²) in [6.45, 7) is 1.58. The molecule has 0 radical (unpaired) electrons. The van der Waals surface area contributed by atoms with Crippen molar-refractivity contribution in [1.82, 2.24) is 5.32 Å². The highest BCUT2D eigenvalue weighted by atomic mass is 79.9. The molecule has 88 valence electrons. The predicted molar refractivity (Wildman–Crippen MR) is 64.9 cm³/mol. The lowest BCUT2D eigenvalue weighted by molar-refractivity contribution is 0.0169. The molecule has 4 heteroatoms. The number of benzene rings is 1. The van der Waals surface area contributed by atoms with Gasteiger partial charge >= 0.3 is 0 Å². The van der Waals surface area contributed by atoms with Gasteiger partial charge < -0.3 is 10.4 Å². The second-order valence-electron chi connectivity index (χ2n) is 4.43. The van der Waals surface area contributed by atoms with E-state index in [4.69, 9.17) is 0 Å². The van der Waals surface area contributed by atoms with Gasteiger partial charge in [0.15, 0.2) is 0 Å². The van der Waals surface area contributed by atoms with E-state index in [9.17, 15) is 9.50 Å². The summed E-state index contributed by atoms with van der Waals surface area (Å²) in [5.74, 6) is -0.266. The first-order chi connectivity index (χ1) is 7.59. The minimum atomic E-state index is -0.685. The number of hydrogen-bond donors (Lipinski definition) is 2. The molecule has 1 unspecified atom stereocenters. The van der Waals surface area contributed by atoms with Crippen LogP contribution in [0.15, 0.2) is 22.7 Å². The van der Waals surface area contributed by atoms with E-state index in [0.717, 1.165) is 24.9 Å². The van der Waals surface area contributed by atoms with Gasteiger partial charge in [-0.1, -0.05) is 6.07 Å². The predicted octanol–water partition coefficient (Wildman–Crippen LogP) is 2.25. The monoisotopic (exact) mass is 287 g/mol. The SMILES string of the molecule is OC1(Cc2ccc(F)c(Br)c2)CCCNC1. The molecule has 1 aliphatic heterocycles. The fraction of sp³-hybridized carbons (Fsp3) is 0.500. The van der Waals surface area contributed by atoms with E-state index in [1.54, 1.807) is 12.1 Å². The summed E-state index contributed by atoms with van der Waals surface area (Å²) in [4.78, 5) is 0. The van der Waals surface area contributed by atoms with Gasteiger partial charge in [-0.15, -0.1) is 0 Å². The summed E-state index contributed by atoms with van der Waals surface area (Å²) in [5.41, 5.74) is 0.273. The van der Waals surface area contributed by atoms with Crippen molar-refractivity contribution in [3.63, 3.8) is 0 Å². The molecule has 0 aromatic heterocycles. The van der Waals surface area contributed by atoms with Crippen molar-refractivity contribution >= 4 is 15.9 Å². The lowest BCUT2D eigenvalue weighted by Crippen LogP contribution is -2.47. The van der Waals surface area contributed by atoms with Crippen LogP contribution < -0.4 is 5.32 Å². The number of halogens is 2.